The SMILES string of the molecule is CC(C)=C1C2CCC1C(C(=O)N1CCC3(CC1)OCCO3)C2C(=O)O. The van der Waals surface area contributed by atoms with E-state index >= 15 is 0 Å². The Morgan fingerprint density at radius 2 is 1.60 bits per heavy atom. The van der Waals surface area contributed by atoms with Gasteiger partial charge in [-0.25, -0.2) is 0 Å². The van der Waals surface area contributed by atoms with Crippen molar-refractivity contribution in [2.45, 2.75) is 45.3 Å². The summed E-state index contributed by atoms with van der Waals surface area (Å²) in [6.45, 7) is 6.50. The molecule has 6 heteroatoms. The van der Waals surface area contributed by atoms with Crippen molar-refractivity contribution in [1.29, 1.82) is 0 Å². The smallest absolute Gasteiger partial charge is 0.307 e. The van der Waals surface area contributed by atoms with Gasteiger partial charge in [0, 0.05) is 25.9 Å². The molecule has 0 aromatic heterocycles. The minimum atomic E-state index is -0.819. The number of aliphatic carboxylic acids is 1. The van der Waals surface area contributed by atoms with Crippen LogP contribution >= 0.6 is 0 Å². The minimum absolute atomic E-state index is 0.0196. The van der Waals surface area contributed by atoms with Crippen molar-refractivity contribution in [2.24, 2.45) is 23.7 Å². The van der Waals surface area contributed by atoms with Gasteiger partial charge in [0.05, 0.1) is 25.0 Å². The maximum atomic E-state index is 13.2. The van der Waals surface area contributed by atoms with Crippen molar-refractivity contribution in [3.8, 4) is 0 Å². The first-order valence-electron chi connectivity index (χ1n) is 9.40. The lowest BCUT2D eigenvalue weighted by atomic mass is 9.78. The molecular weight excluding hydrogens is 322 g/mol. The molecule has 4 rings (SSSR count). The third-order valence-electron chi connectivity index (χ3n) is 6.64. The van der Waals surface area contributed by atoms with E-state index in [0.717, 1.165) is 12.8 Å². The number of nitrogens with zero attached hydrogens (tertiary/aromatic N) is 1. The van der Waals surface area contributed by atoms with Gasteiger partial charge in [0.2, 0.25) is 5.91 Å². The molecule has 0 radical (unpaired) electrons. The summed E-state index contributed by atoms with van der Waals surface area (Å²) >= 11 is 0. The number of allylic oxidation sites excluding steroid dienone is 2. The zero-order valence-corrected chi connectivity index (χ0v) is 15.0. The second-order valence-electron chi connectivity index (χ2n) is 8.07. The van der Waals surface area contributed by atoms with Gasteiger partial charge in [-0.1, -0.05) is 11.1 Å². The van der Waals surface area contributed by atoms with Crippen LogP contribution in [0.25, 0.3) is 0 Å². The Morgan fingerprint density at radius 3 is 2.12 bits per heavy atom. The quantitative estimate of drug-likeness (QED) is 0.772. The maximum absolute atomic E-state index is 13.2. The normalized spacial score (nSPS) is 36.2. The van der Waals surface area contributed by atoms with Gasteiger partial charge in [0.15, 0.2) is 5.79 Å². The summed E-state index contributed by atoms with van der Waals surface area (Å²) in [4.78, 5) is 27.0. The van der Waals surface area contributed by atoms with Gasteiger partial charge < -0.3 is 19.5 Å². The molecule has 4 fully saturated rings. The van der Waals surface area contributed by atoms with Crippen LogP contribution in [-0.2, 0) is 19.1 Å². The van der Waals surface area contributed by atoms with Crippen molar-refractivity contribution in [3.05, 3.63) is 11.1 Å². The Balaban J connectivity index is 1.53. The number of amides is 1. The zero-order chi connectivity index (χ0) is 17.8. The van der Waals surface area contributed by atoms with Crippen molar-refractivity contribution >= 4 is 11.9 Å². The lowest BCUT2D eigenvalue weighted by molar-refractivity contribution is -0.189. The number of hydrogen-bond acceptors (Lipinski definition) is 4. The summed E-state index contributed by atoms with van der Waals surface area (Å²) in [5, 5.41) is 9.79. The van der Waals surface area contributed by atoms with Crippen LogP contribution in [0.3, 0.4) is 0 Å². The van der Waals surface area contributed by atoms with Crippen LogP contribution < -0.4 is 0 Å². The third-order valence-corrected chi connectivity index (χ3v) is 6.64. The second kappa shape index (κ2) is 6.09. The minimum Gasteiger partial charge on any atom is -0.481 e. The highest BCUT2D eigenvalue weighted by Crippen LogP contribution is 2.57. The number of likely N-dealkylation sites (tertiary alicyclic amines) is 1. The van der Waals surface area contributed by atoms with E-state index in [4.69, 9.17) is 9.47 Å². The second-order valence-corrected chi connectivity index (χ2v) is 8.07. The molecule has 2 aliphatic heterocycles. The first kappa shape index (κ1) is 17.0. The number of rotatable bonds is 2. The average molecular weight is 349 g/mol. The molecule has 2 saturated heterocycles. The van der Waals surface area contributed by atoms with Crippen LogP contribution in [0.15, 0.2) is 11.1 Å². The molecule has 138 valence electrons. The Labute approximate surface area is 148 Å². The Morgan fingerprint density at radius 1 is 1.04 bits per heavy atom. The molecule has 4 aliphatic rings. The summed E-state index contributed by atoms with van der Waals surface area (Å²) in [6, 6.07) is 0. The standard InChI is InChI=1S/C19H27NO5/c1-11(2)14-12-3-4-13(14)16(18(22)23)15(12)17(21)20-7-5-19(6-8-20)24-9-10-25-19/h12-13,15-16H,3-10H2,1-2H3,(H,22,23). The van der Waals surface area contributed by atoms with Crippen molar-refractivity contribution in [3.63, 3.8) is 0 Å². The number of carboxylic acid groups (broad SMARTS) is 1. The number of ether oxygens (including phenoxy) is 2. The Hall–Kier alpha value is -1.40. The van der Waals surface area contributed by atoms with E-state index < -0.39 is 23.6 Å². The topological polar surface area (TPSA) is 76.1 Å². The van der Waals surface area contributed by atoms with Gasteiger partial charge in [-0.3, -0.25) is 9.59 Å². The van der Waals surface area contributed by atoms with Crippen LogP contribution in [0.2, 0.25) is 0 Å². The first-order chi connectivity index (χ1) is 11.9. The highest BCUT2D eigenvalue weighted by Gasteiger charge is 2.58. The molecule has 0 aromatic carbocycles. The Bertz CT molecular complexity index is 607. The highest BCUT2D eigenvalue weighted by atomic mass is 16.7. The van der Waals surface area contributed by atoms with E-state index in [9.17, 15) is 14.7 Å². The van der Waals surface area contributed by atoms with Crippen molar-refractivity contribution in [1.82, 2.24) is 4.90 Å². The average Bonchev–Trinajstić information content (AvgIpc) is 3.28. The van der Waals surface area contributed by atoms with Gasteiger partial charge in [0.1, 0.15) is 0 Å². The maximum Gasteiger partial charge on any atom is 0.307 e. The summed E-state index contributed by atoms with van der Waals surface area (Å²) in [6.07, 6.45) is 3.19. The zero-order valence-electron chi connectivity index (χ0n) is 15.0. The van der Waals surface area contributed by atoms with E-state index in [1.807, 2.05) is 18.7 Å². The van der Waals surface area contributed by atoms with Gasteiger partial charge in [-0.15, -0.1) is 0 Å². The molecule has 25 heavy (non-hydrogen) atoms. The first-order valence-corrected chi connectivity index (χ1v) is 9.40. The summed E-state index contributed by atoms with van der Waals surface area (Å²) < 4.78 is 11.5. The number of piperidine rings is 1. The van der Waals surface area contributed by atoms with Gasteiger partial charge in [-0.05, 0) is 38.5 Å². The van der Waals surface area contributed by atoms with Crippen LogP contribution in [0.5, 0.6) is 0 Å². The number of carboxylic acids is 1. The fourth-order valence-electron chi connectivity index (χ4n) is 5.65. The molecule has 2 aliphatic carbocycles. The number of carbonyl (C=O) groups excluding carboxylic acids is 1. The Kier molecular flexibility index (Phi) is 4.15. The fourth-order valence-corrected chi connectivity index (χ4v) is 5.65. The van der Waals surface area contributed by atoms with Crippen molar-refractivity contribution in [2.75, 3.05) is 26.3 Å². The molecule has 2 bridgehead atoms. The largest absolute Gasteiger partial charge is 0.481 e. The lowest BCUT2D eigenvalue weighted by Gasteiger charge is -2.40. The molecule has 1 N–H and O–H groups in total. The number of carbonyl (C=O) groups is 2. The molecule has 6 nitrogen and oxygen atoms in total. The lowest BCUT2D eigenvalue weighted by Crippen LogP contribution is -2.51. The summed E-state index contributed by atoms with van der Waals surface area (Å²) in [7, 11) is 0. The predicted octanol–water partition coefficient (Wildman–Crippen LogP) is 2.05. The molecule has 2 heterocycles. The number of fused-ring (bicyclic) bond motifs is 2. The van der Waals surface area contributed by atoms with E-state index in [1.54, 1.807) is 0 Å². The summed E-state index contributed by atoms with van der Waals surface area (Å²) in [5.74, 6) is -2.13. The molecular formula is C19H27NO5. The monoisotopic (exact) mass is 349 g/mol. The van der Waals surface area contributed by atoms with Crippen LogP contribution in [0.1, 0.15) is 39.5 Å². The van der Waals surface area contributed by atoms with Crippen molar-refractivity contribution < 1.29 is 24.2 Å². The van der Waals surface area contributed by atoms with Gasteiger partial charge in [0.25, 0.3) is 0 Å². The van der Waals surface area contributed by atoms with Gasteiger partial charge >= 0.3 is 5.97 Å². The highest BCUT2D eigenvalue weighted by molar-refractivity contribution is 5.87. The van der Waals surface area contributed by atoms with E-state index in [-0.39, 0.29) is 17.7 Å². The van der Waals surface area contributed by atoms with E-state index in [0.29, 0.717) is 39.1 Å². The van der Waals surface area contributed by atoms with Crippen LogP contribution in [0.4, 0.5) is 0 Å². The van der Waals surface area contributed by atoms with E-state index in [1.165, 1.54) is 11.1 Å². The van der Waals surface area contributed by atoms with Crippen LogP contribution in [-0.4, -0.2) is 54.0 Å². The fraction of sp³-hybridized carbons (Fsp3) is 0.789. The molecule has 1 amide bonds. The van der Waals surface area contributed by atoms with E-state index in [2.05, 4.69) is 0 Å². The van der Waals surface area contributed by atoms with Gasteiger partial charge in [-0.2, -0.15) is 0 Å². The molecule has 1 spiro atoms. The predicted molar refractivity (Wildman–Crippen MR) is 89.7 cm³/mol. The molecule has 4 atom stereocenters. The molecule has 4 unspecified atom stereocenters. The number of hydrogen-bond donors (Lipinski definition) is 1. The van der Waals surface area contributed by atoms with Crippen LogP contribution in [0, 0.1) is 23.7 Å². The summed E-state index contributed by atoms with van der Waals surface area (Å²) in [5.41, 5.74) is 2.43. The molecule has 2 saturated carbocycles. The molecule has 0 aromatic rings. The third kappa shape index (κ3) is 2.61.